The highest BCUT2D eigenvalue weighted by atomic mass is 32.1. The lowest BCUT2D eigenvalue weighted by molar-refractivity contribution is 0.254. The van der Waals surface area contributed by atoms with Crippen LogP contribution in [0.4, 0.5) is 0 Å². The Bertz CT molecular complexity index is 646. The van der Waals surface area contributed by atoms with Crippen LogP contribution in [0.15, 0.2) is 47.9 Å². The standard InChI is InChI=1S/C18H18S/c1-18(2)10-13-8-9-15(18)16-14(11-19-17(13)16)12-6-4-3-5-7-12/h3-9,11,13,15H,10H2,1-2H3. The highest BCUT2D eigenvalue weighted by Crippen LogP contribution is 2.58. The summed E-state index contributed by atoms with van der Waals surface area (Å²) in [7, 11) is 0. The van der Waals surface area contributed by atoms with Gasteiger partial charge in [-0.2, -0.15) is 0 Å². The number of hydrogen-bond acceptors (Lipinski definition) is 1. The summed E-state index contributed by atoms with van der Waals surface area (Å²) in [6.45, 7) is 4.84. The molecule has 2 aromatic rings. The summed E-state index contributed by atoms with van der Waals surface area (Å²) in [6.07, 6.45) is 6.19. The van der Waals surface area contributed by atoms with Crippen LogP contribution in [-0.4, -0.2) is 0 Å². The van der Waals surface area contributed by atoms with Gasteiger partial charge in [-0.3, -0.25) is 0 Å². The molecule has 3 aliphatic rings. The molecule has 1 aromatic carbocycles. The van der Waals surface area contributed by atoms with Gasteiger partial charge in [0.05, 0.1) is 0 Å². The summed E-state index contributed by atoms with van der Waals surface area (Å²) in [4.78, 5) is 1.62. The van der Waals surface area contributed by atoms with Gasteiger partial charge >= 0.3 is 0 Å². The van der Waals surface area contributed by atoms with E-state index >= 15 is 0 Å². The lowest BCUT2D eigenvalue weighted by atomic mass is 9.60. The second kappa shape index (κ2) is 3.83. The van der Waals surface area contributed by atoms with Crippen LogP contribution in [0.25, 0.3) is 11.1 Å². The van der Waals surface area contributed by atoms with Crippen LogP contribution >= 0.6 is 11.3 Å². The molecule has 0 spiro atoms. The van der Waals surface area contributed by atoms with Gasteiger partial charge in [0.1, 0.15) is 0 Å². The van der Waals surface area contributed by atoms with Crippen molar-refractivity contribution >= 4 is 11.3 Å². The Morgan fingerprint density at radius 2 is 1.89 bits per heavy atom. The third-order valence-electron chi connectivity index (χ3n) is 4.72. The number of hydrogen-bond donors (Lipinski definition) is 0. The number of allylic oxidation sites excluding steroid dienone is 2. The second-order valence-corrected chi connectivity index (χ2v) is 7.37. The van der Waals surface area contributed by atoms with Gasteiger partial charge in [0.2, 0.25) is 0 Å². The number of thiophene rings is 1. The van der Waals surface area contributed by atoms with Gasteiger partial charge in [0.25, 0.3) is 0 Å². The van der Waals surface area contributed by atoms with Gasteiger partial charge < -0.3 is 0 Å². The molecule has 0 radical (unpaired) electrons. The van der Waals surface area contributed by atoms with Gasteiger partial charge in [-0.05, 0) is 33.9 Å². The fourth-order valence-corrected chi connectivity index (χ4v) is 4.97. The minimum absolute atomic E-state index is 0.400. The van der Waals surface area contributed by atoms with E-state index in [1.165, 1.54) is 17.5 Å². The third-order valence-corrected chi connectivity index (χ3v) is 5.85. The average Bonchev–Trinajstić information content (AvgIpc) is 2.85. The molecular formula is C18H18S. The van der Waals surface area contributed by atoms with E-state index in [9.17, 15) is 0 Å². The number of fused-ring (bicyclic) bond motifs is 1. The van der Waals surface area contributed by atoms with Crippen molar-refractivity contribution in [2.45, 2.75) is 32.1 Å². The molecule has 5 rings (SSSR count). The maximum atomic E-state index is 2.45. The van der Waals surface area contributed by atoms with E-state index in [1.807, 2.05) is 11.3 Å². The highest BCUT2D eigenvalue weighted by Gasteiger charge is 2.43. The SMILES string of the molecule is CC1(C)CC2C=CC1c1c(-c3ccccc3)csc12. The second-order valence-electron chi connectivity index (χ2n) is 6.46. The summed E-state index contributed by atoms with van der Waals surface area (Å²) in [5.74, 6) is 1.24. The molecule has 2 atom stereocenters. The Kier molecular flexibility index (Phi) is 2.32. The van der Waals surface area contributed by atoms with Crippen LogP contribution in [0.5, 0.6) is 0 Å². The summed E-state index contributed by atoms with van der Waals surface area (Å²) in [5.41, 5.74) is 4.85. The monoisotopic (exact) mass is 266 g/mol. The van der Waals surface area contributed by atoms with Gasteiger partial charge in [-0.25, -0.2) is 0 Å². The Morgan fingerprint density at radius 1 is 1.11 bits per heavy atom. The molecule has 1 aromatic heterocycles. The van der Waals surface area contributed by atoms with E-state index < -0.39 is 0 Å². The Hall–Kier alpha value is -1.34. The molecule has 19 heavy (non-hydrogen) atoms. The van der Waals surface area contributed by atoms with Gasteiger partial charge in [0, 0.05) is 16.7 Å². The van der Waals surface area contributed by atoms with Gasteiger partial charge in [-0.1, -0.05) is 56.3 Å². The lowest BCUT2D eigenvalue weighted by Gasteiger charge is -2.44. The molecule has 0 N–H and O–H groups in total. The van der Waals surface area contributed by atoms with Gasteiger partial charge in [-0.15, -0.1) is 11.3 Å². The molecule has 0 saturated carbocycles. The fraction of sp³-hybridized carbons (Fsp3) is 0.333. The molecule has 0 saturated heterocycles. The first kappa shape index (κ1) is 11.5. The minimum atomic E-state index is 0.400. The van der Waals surface area contributed by atoms with Crippen molar-refractivity contribution < 1.29 is 0 Å². The van der Waals surface area contributed by atoms with E-state index in [4.69, 9.17) is 0 Å². The van der Waals surface area contributed by atoms with E-state index in [0.717, 1.165) is 0 Å². The van der Waals surface area contributed by atoms with Crippen LogP contribution in [-0.2, 0) is 0 Å². The number of rotatable bonds is 1. The molecular weight excluding hydrogens is 248 g/mol. The zero-order valence-corrected chi connectivity index (χ0v) is 12.2. The Balaban J connectivity index is 1.93. The predicted molar refractivity (Wildman–Crippen MR) is 82.8 cm³/mol. The van der Waals surface area contributed by atoms with E-state index in [2.05, 4.69) is 61.7 Å². The molecule has 96 valence electrons. The summed E-state index contributed by atoms with van der Waals surface area (Å²) < 4.78 is 0. The smallest absolute Gasteiger partial charge is 0.0159 e. The molecule has 2 bridgehead atoms. The molecule has 1 heterocycles. The largest absolute Gasteiger partial charge is 0.147 e. The molecule has 0 nitrogen and oxygen atoms in total. The maximum Gasteiger partial charge on any atom is 0.0159 e. The van der Waals surface area contributed by atoms with Crippen LogP contribution in [0.1, 0.15) is 42.5 Å². The molecule has 0 aliphatic heterocycles. The molecule has 3 aliphatic carbocycles. The van der Waals surface area contributed by atoms with Crippen molar-refractivity contribution in [1.82, 2.24) is 0 Å². The van der Waals surface area contributed by atoms with Crippen LogP contribution in [0.3, 0.4) is 0 Å². The third kappa shape index (κ3) is 1.58. The van der Waals surface area contributed by atoms with Crippen molar-refractivity contribution in [2.24, 2.45) is 5.41 Å². The quantitative estimate of drug-likeness (QED) is 0.591. The Morgan fingerprint density at radius 3 is 2.63 bits per heavy atom. The zero-order chi connectivity index (χ0) is 13.0. The Labute approximate surface area is 118 Å². The van der Waals surface area contributed by atoms with Gasteiger partial charge in [0.15, 0.2) is 0 Å². The van der Waals surface area contributed by atoms with Crippen LogP contribution in [0.2, 0.25) is 0 Å². The van der Waals surface area contributed by atoms with E-state index in [-0.39, 0.29) is 0 Å². The van der Waals surface area contributed by atoms with Crippen molar-refractivity contribution in [2.75, 3.05) is 0 Å². The van der Waals surface area contributed by atoms with E-state index in [1.54, 1.807) is 10.4 Å². The lowest BCUT2D eigenvalue weighted by Crippen LogP contribution is -2.31. The minimum Gasteiger partial charge on any atom is -0.147 e. The van der Waals surface area contributed by atoms with Crippen LogP contribution < -0.4 is 0 Å². The summed E-state index contributed by atoms with van der Waals surface area (Å²) in [5, 5.41) is 2.37. The molecule has 0 fully saturated rings. The summed E-state index contributed by atoms with van der Waals surface area (Å²) >= 11 is 1.96. The topological polar surface area (TPSA) is 0 Å². The van der Waals surface area contributed by atoms with Crippen molar-refractivity contribution in [3.05, 3.63) is 58.3 Å². The van der Waals surface area contributed by atoms with Crippen molar-refractivity contribution in [3.63, 3.8) is 0 Å². The average molecular weight is 266 g/mol. The first-order valence-corrected chi connectivity index (χ1v) is 7.90. The molecule has 0 amide bonds. The first-order valence-electron chi connectivity index (χ1n) is 7.02. The predicted octanol–water partition coefficient (Wildman–Crippen LogP) is 5.58. The summed E-state index contributed by atoms with van der Waals surface area (Å²) in [6, 6.07) is 10.9. The maximum absolute atomic E-state index is 2.45. The first-order chi connectivity index (χ1) is 9.17. The van der Waals surface area contributed by atoms with Crippen molar-refractivity contribution in [1.29, 1.82) is 0 Å². The molecule has 2 unspecified atom stereocenters. The molecule has 1 heteroatoms. The highest BCUT2D eigenvalue weighted by molar-refractivity contribution is 7.10. The zero-order valence-electron chi connectivity index (χ0n) is 11.4. The normalized spacial score (nSPS) is 26.4. The number of benzene rings is 1. The van der Waals surface area contributed by atoms with E-state index in [0.29, 0.717) is 17.3 Å². The fourth-order valence-electron chi connectivity index (χ4n) is 3.77. The van der Waals surface area contributed by atoms with Crippen LogP contribution in [0, 0.1) is 5.41 Å². The van der Waals surface area contributed by atoms with Crippen molar-refractivity contribution in [3.8, 4) is 11.1 Å².